The number of para-hydroxylation sites is 1. The number of nitrogens with one attached hydrogen (secondary N) is 1. The number of likely N-dealkylation sites (tertiary alicyclic amines) is 1. The van der Waals surface area contributed by atoms with E-state index in [4.69, 9.17) is 9.47 Å². The Kier molecular flexibility index (Phi) is 5.43. The van der Waals surface area contributed by atoms with Crippen LogP contribution in [0.2, 0.25) is 0 Å². The fraction of sp³-hybridized carbons (Fsp3) is 0.391. The number of fused-ring (bicyclic) bond motifs is 1. The quantitative estimate of drug-likeness (QED) is 0.857. The Morgan fingerprint density at radius 3 is 2.62 bits per heavy atom. The molecule has 0 atom stereocenters. The van der Waals surface area contributed by atoms with Crippen LogP contribution in [0.4, 0.5) is 5.69 Å². The van der Waals surface area contributed by atoms with Crippen molar-refractivity contribution in [2.24, 2.45) is 5.92 Å². The average molecular weight is 394 g/mol. The van der Waals surface area contributed by atoms with Crippen molar-refractivity contribution in [3.63, 3.8) is 0 Å². The number of hydrogen-bond donors (Lipinski definition) is 1. The first-order valence-electron chi connectivity index (χ1n) is 10.1. The highest BCUT2D eigenvalue weighted by Crippen LogP contribution is 2.33. The Hall–Kier alpha value is -3.02. The monoisotopic (exact) mass is 394 g/mol. The van der Waals surface area contributed by atoms with E-state index in [0.29, 0.717) is 43.0 Å². The van der Waals surface area contributed by atoms with Crippen LogP contribution in [0, 0.1) is 12.8 Å². The molecule has 0 bridgehead atoms. The zero-order valence-corrected chi connectivity index (χ0v) is 16.9. The molecule has 1 N–H and O–H groups in total. The highest BCUT2D eigenvalue weighted by Gasteiger charge is 2.29. The third-order valence-corrected chi connectivity index (χ3v) is 5.76. The molecule has 2 aliphatic heterocycles. The molecular formula is C23H26N2O4. The summed E-state index contributed by atoms with van der Waals surface area (Å²) in [5.74, 6) is 1.20. The maximum Gasteiger partial charge on any atom is 0.253 e. The topological polar surface area (TPSA) is 67.9 Å². The van der Waals surface area contributed by atoms with Gasteiger partial charge >= 0.3 is 0 Å². The molecular weight excluding hydrogens is 368 g/mol. The van der Waals surface area contributed by atoms with Gasteiger partial charge in [0.25, 0.3) is 5.91 Å². The summed E-state index contributed by atoms with van der Waals surface area (Å²) in [6, 6.07) is 11.3. The van der Waals surface area contributed by atoms with E-state index in [9.17, 15) is 9.59 Å². The highest BCUT2D eigenvalue weighted by molar-refractivity contribution is 5.96. The molecule has 6 heteroatoms. The Bertz CT molecular complexity index is 932. The van der Waals surface area contributed by atoms with Crippen LogP contribution in [0.25, 0.3) is 0 Å². The molecule has 1 saturated heterocycles. The lowest BCUT2D eigenvalue weighted by Crippen LogP contribution is -2.41. The first kappa shape index (κ1) is 19.3. The number of nitrogens with zero attached hydrogens (tertiary/aromatic N) is 1. The molecule has 0 unspecified atom stereocenters. The van der Waals surface area contributed by atoms with Crippen molar-refractivity contribution in [3.8, 4) is 11.5 Å². The Morgan fingerprint density at radius 1 is 1.10 bits per heavy atom. The van der Waals surface area contributed by atoms with Gasteiger partial charge in [0.1, 0.15) is 0 Å². The zero-order valence-electron chi connectivity index (χ0n) is 16.9. The number of amides is 2. The minimum Gasteiger partial charge on any atom is -0.454 e. The molecule has 2 amide bonds. The standard InChI is InChI=1S/C23H26N2O4/c1-3-16-6-4-5-15(2)21(16)24-22(26)17-9-11-25(12-10-17)23(27)18-7-8-19-20(13-18)29-14-28-19/h4-8,13,17H,3,9-12,14H2,1-2H3,(H,24,26). The lowest BCUT2D eigenvalue weighted by molar-refractivity contribution is -0.121. The molecule has 4 rings (SSSR count). The first-order chi connectivity index (χ1) is 14.1. The molecule has 152 valence electrons. The number of carbonyl (C=O) groups excluding carboxylic acids is 2. The molecule has 2 heterocycles. The van der Waals surface area contributed by atoms with E-state index < -0.39 is 0 Å². The van der Waals surface area contributed by atoms with Gasteiger partial charge in [0, 0.05) is 30.3 Å². The van der Waals surface area contributed by atoms with Crippen molar-refractivity contribution in [1.29, 1.82) is 0 Å². The summed E-state index contributed by atoms with van der Waals surface area (Å²) < 4.78 is 10.7. The second kappa shape index (κ2) is 8.15. The molecule has 2 aromatic carbocycles. The normalized spacial score (nSPS) is 16.0. The number of anilines is 1. The van der Waals surface area contributed by atoms with Crippen LogP contribution < -0.4 is 14.8 Å². The Labute approximate surface area is 170 Å². The summed E-state index contributed by atoms with van der Waals surface area (Å²) in [6.07, 6.45) is 2.20. The van der Waals surface area contributed by atoms with Crippen LogP contribution in [0.1, 0.15) is 41.3 Å². The molecule has 0 aliphatic carbocycles. The SMILES string of the molecule is CCc1cccc(C)c1NC(=O)C1CCN(C(=O)c2ccc3c(c2)OCO3)CC1. The maximum atomic E-state index is 12.8. The Balaban J connectivity index is 1.37. The van der Waals surface area contributed by atoms with E-state index in [-0.39, 0.29) is 24.5 Å². The van der Waals surface area contributed by atoms with Gasteiger partial charge < -0.3 is 19.7 Å². The van der Waals surface area contributed by atoms with Gasteiger partial charge in [-0.1, -0.05) is 25.1 Å². The lowest BCUT2D eigenvalue weighted by Gasteiger charge is -2.31. The summed E-state index contributed by atoms with van der Waals surface area (Å²) in [4.78, 5) is 27.5. The smallest absolute Gasteiger partial charge is 0.253 e. The molecule has 2 aliphatic rings. The number of hydrogen-bond acceptors (Lipinski definition) is 4. The van der Waals surface area contributed by atoms with Crippen molar-refractivity contribution in [2.75, 3.05) is 25.2 Å². The van der Waals surface area contributed by atoms with Crippen LogP contribution >= 0.6 is 0 Å². The van der Waals surface area contributed by atoms with E-state index >= 15 is 0 Å². The minimum absolute atomic E-state index is 0.0330. The van der Waals surface area contributed by atoms with Crippen molar-refractivity contribution in [2.45, 2.75) is 33.1 Å². The Morgan fingerprint density at radius 2 is 1.86 bits per heavy atom. The van der Waals surface area contributed by atoms with Crippen molar-refractivity contribution < 1.29 is 19.1 Å². The van der Waals surface area contributed by atoms with Crippen LogP contribution in [-0.2, 0) is 11.2 Å². The molecule has 0 spiro atoms. The number of benzene rings is 2. The van der Waals surface area contributed by atoms with Gasteiger partial charge in [-0.2, -0.15) is 0 Å². The van der Waals surface area contributed by atoms with Gasteiger partial charge in [-0.3, -0.25) is 9.59 Å². The van der Waals surface area contributed by atoms with E-state index in [1.807, 2.05) is 24.0 Å². The molecule has 0 saturated carbocycles. The molecule has 6 nitrogen and oxygen atoms in total. The second-order valence-electron chi connectivity index (χ2n) is 7.59. The van der Waals surface area contributed by atoms with Crippen LogP contribution in [0.15, 0.2) is 36.4 Å². The largest absolute Gasteiger partial charge is 0.454 e. The minimum atomic E-state index is -0.0832. The van der Waals surface area contributed by atoms with Crippen molar-refractivity contribution in [1.82, 2.24) is 4.90 Å². The number of piperidine rings is 1. The summed E-state index contributed by atoms with van der Waals surface area (Å²) in [7, 11) is 0. The summed E-state index contributed by atoms with van der Waals surface area (Å²) in [5, 5.41) is 3.13. The van der Waals surface area contributed by atoms with Crippen LogP contribution in [-0.4, -0.2) is 36.6 Å². The number of ether oxygens (including phenoxy) is 2. The third-order valence-electron chi connectivity index (χ3n) is 5.76. The van der Waals surface area contributed by atoms with Gasteiger partial charge in [0.05, 0.1) is 0 Å². The van der Waals surface area contributed by atoms with E-state index in [1.54, 1.807) is 18.2 Å². The van der Waals surface area contributed by atoms with Crippen LogP contribution in [0.3, 0.4) is 0 Å². The van der Waals surface area contributed by atoms with Crippen molar-refractivity contribution >= 4 is 17.5 Å². The highest BCUT2D eigenvalue weighted by atomic mass is 16.7. The number of carbonyl (C=O) groups is 2. The van der Waals surface area contributed by atoms with Gasteiger partial charge in [0.2, 0.25) is 12.7 Å². The maximum absolute atomic E-state index is 12.8. The second-order valence-corrected chi connectivity index (χ2v) is 7.59. The van der Waals surface area contributed by atoms with E-state index in [2.05, 4.69) is 18.3 Å². The van der Waals surface area contributed by atoms with Crippen molar-refractivity contribution in [3.05, 3.63) is 53.1 Å². The average Bonchev–Trinajstić information content (AvgIpc) is 3.22. The van der Waals surface area contributed by atoms with E-state index in [1.165, 1.54) is 0 Å². The lowest BCUT2D eigenvalue weighted by atomic mass is 9.94. The molecule has 2 aromatic rings. The van der Waals surface area contributed by atoms with Gasteiger partial charge in [-0.05, 0) is 55.5 Å². The van der Waals surface area contributed by atoms with Gasteiger partial charge in [-0.15, -0.1) is 0 Å². The molecule has 0 radical (unpaired) electrons. The summed E-state index contributed by atoms with van der Waals surface area (Å²) in [6.45, 7) is 5.43. The summed E-state index contributed by atoms with van der Waals surface area (Å²) in [5.41, 5.74) is 3.74. The molecule has 1 fully saturated rings. The fourth-order valence-electron chi connectivity index (χ4n) is 3.98. The van der Waals surface area contributed by atoms with Crippen LogP contribution in [0.5, 0.6) is 11.5 Å². The zero-order chi connectivity index (χ0) is 20.4. The summed E-state index contributed by atoms with van der Waals surface area (Å²) >= 11 is 0. The van der Waals surface area contributed by atoms with E-state index in [0.717, 1.165) is 23.2 Å². The third kappa shape index (κ3) is 3.92. The van der Waals surface area contributed by atoms with Gasteiger partial charge in [-0.25, -0.2) is 0 Å². The number of aryl methyl sites for hydroxylation is 2. The molecule has 29 heavy (non-hydrogen) atoms. The van der Waals surface area contributed by atoms with Gasteiger partial charge in [0.15, 0.2) is 11.5 Å². The predicted molar refractivity (Wildman–Crippen MR) is 110 cm³/mol. The molecule has 0 aromatic heterocycles. The predicted octanol–water partition coefficient (Wildman–Crippen LogP) is 3.78. The fourth-order valence-corrected chi connectivity index (χ4v) is 3.98. The first-order valence-corrected chi connectivity index (χ1v) is 10.1. The number of rotatable bonds is 4.